The Balaban J connectivity index is 1.39. The number of carbonyl (C=O) groups is 1. The molecule has 0 saturated carbocycles. The Morgan fingerprint density at radius 3 is 2.75 bits per heavy atom. The summed E-state index contributed by atoms with van der Waals surface area (Å²) in [6, 6.07) is 8.48. The highest BCUT2D eigenvalue weighted by Crippen LogP contribution is 2.30. The topological polar surface area (TPSA) is 57.0 Å². The summed E-state index contributed by atoms with van der Waals surface area (Å²) in [5.41, 5.74) is 6.26. The van der Waals surface area contributed by atoms with Crippen molar-refractivity contribution in [1.29, 1.82) is 0 Å². The van der Waals surface area contributed by atoms with Crippen molar-refractivity contribution >= 4 is 23.2 Å². The van der Waals surface area contributed by atoms with E-state index in [2.05, 4.69) is 34.8 Å². The molecule has 1 saturated heterocycles. The maximum absolute atomic E-state index is 13.6. The largest absolute Gasteiger partial charge is 0.328 e. The number of aryl methyl sites for hydroxylation is 2. The van der Waals surface area contributed by atoms with Gasteiger partial charge in [0.15, 0.2) is 5.65 Å². The van der Waals surface area contributed by atoms with E-state index in [1.807, 2.05) is 41.5 Å². The van der Waals surface area contributed by atoms with Gasteiger partial charge in [-0.05, 0) is 39.4 Å². The van der Waals surface area contributed by atoms with Crippen LogP contribution in [0.15, 0.2) is 24.3 Å². The van der Waals surface area contributed by atoms with Crippen molar-refractivity contribution in [3.8, 4) is 0 Å². The number of likely N-dealkylation sites (N-methyl/N-ethyl adjacent to an activating group) is 1. The van der Waals surface area contributed by atoms with Crippen LogP contribution in [0.25, 0.3) is 5.65 Å². The molecule has 2 aliphatic rings. The van der Waals surface area contributed by atoms with Crippen molar-refractivity contribution in [2.75, 3.05) is 26.7 Å². The first-order valence-corrected chi connectivity index (χ1v) is 11.5. The standard InChI is InChI=1S/C24H29ClN6O/c1-15-11-28(4)9-10-29(15)12-18-7-5-6-8-19(18)24(32)30-13-20-21(14-30)27-31-17(3)22(25)16(2)26-23(20)31/h5-8,15H,9-14H2,1-4H3/t15-/m1/s1. The third-order valence-electron chi connectivity index (χ3n) is 6.83. The number of fused-ring (bicyclic) bond motifs is 3. The zero-order valence-corrected chi connectivity index (χ0v) is 19.9. The Morgan fingerprint density at radius 2 is 1.97 bits per heavy atom. The molecule has 5 rings (SSSR count). The van der Waals surface area contributed by atoms with Crippen molar-refractivity contribution < 1.29 is 4.79 Å². The summed E-state index contributed by atoms with van der Waals surface area (Å²) in [7, 11) is 2.16. The molecule has 0 aliphatic carbocycles. The number of rotatable bonds is 3. The molecule has 0 bridgehead atoms. The summed E-state index contributed by atoms with van der Waals surface area (Å²) in [4.78, 5) is 24.9. The van der Waals surface area contributed by atoms with Gasteiger partial charge in [-0.3, -0.25) is 9.69 Å². The van der Waals surface area contributed by atoms with Gasteiger partial charge in [0.2, 0.25) is 0 Å². The average molecular weight is 453 g/mol. The first-order chi connectivity index (χ1) is 15.3. The number of amides is 1. The molecule has 0 radical (unpaired) electrons. The van der Waals surface area contributed by atoms with Crippen molar-refractivity contribution in [2.45, 2.75) is 46.4 Å². The minimum Gasteiger partial charge on any atom is -0.328 e. The van der Waals surface area contributed by atoms with Crippen LogP contribution in [0.3, 0.4) is 0 Å². The number of nitrogens with zero attached hydrogens (tertiary/aromatic N) is 6. The third-order valence-corrected chi connectivity index (χ3v) is 7.38. The molecule has 168 valence electrons. The Hall–Kier alpha value is -2.48. The number of carbonyl (C=O) groups excluding carboxylic acids is 1. The minimum absolute atomic E-state index is 0.0564. The maximum Gasteiger partial charge on any atom is 0.254 e. The maximum atomic E-state index is 13.6. The number of aromatic nitrogens is 3. The van der Waals surface area contributed by atoms with Crippen LogP contribution < -0.4 is 0 Å². The van der Waals surface area contributed by atoms with Gasteiger partial charge in [-0.2, -0.15) is 5.10 Å². The molecule has 3 aromatic rings. The van der Waals surface area contributed by atoms with Crippen LogP contribution in [-0.2, 0) is 19.6 Å². The number of piperazine rings is 1. The highest BCUT2D eigenvalue weighted by atomic mass is 35.5. The quantitative estimate of drug-likeness (QED) is 0.610. The Labute approximate surface area is 193 Å². The van der Waals surface area contributed by atoms with Crippen molar-refractivity contribution in [3.63, 3.8) is 0 Å². The molecule has 7 nitrogen and oxygen atoms in total. The fraction of sp³-hybridized carbons (Fsp3) is 0.458. The summed E-state index contributed by atoms with van der Waals surface area (Å²) in [6.07, 6.45) is 0. The highest BCUT2D eigenvalue weighted by molar-refractivity contribution is 6.31. The van der Waals surface area contributed by atoms with Gasteiger partial charge in [-0.15, -0.1) is 0 Å². The van der Waals surface area contributed by atoms with E-state index in [-0.39, 0.29) is 5.91 Å². The van der Waals surface area contributed by atoms with Crippen molar-refractivity contribution in [2.24, 2.45) is 0 Å². The Morgan fingerprint density at radius 1 is 1.19 bits per heavy atom. The lowest BCUT2D eigenvalue weighted by Gasteiger charge is -2.38. The van der Waals surface area contributed by atoms with E-state index in [1.54, 1.807) is 0 Å². The van der Waals surface area contributed by atoms with E-state index in [0.29, 0.717) is 24.2 Å². The van der Waals surface area contributed by atoms with Crippen LogP contribution in [0.2, 0.25) is 5.02 Å². The lowest BCUT2D eigenvalue weighted by molar-refractivity contribution is 0.0739. The van der Waals surface area contributed by atoms with E-state index in [9.17, 15) is 4.79 Å². The van der Waals surface area contributed by atoms with Gasteiger partial charge >= 0.3 is 0 Å². The monoisotopic (exact) mass is 452 g/mol. The van der Waals surface area contributed by atoms with Crippen LogP contribution >= 0.6 is 11.6 Å². The Bertz CT molecular complexity index is 1200. The summed E-state index contributed by atoms with van der Waals surface area (Å²) < 4.78 is 1.81. The number of hydrogen-bond donors (Lipinski definition) is 0. The van der Waals surface area contributed by atoms with Crippen LogP contribution in [0.1, 0.15) is 45.5 Å². The van der Waals surface area contributed by atoms with E-state index in [0.717, 1.165) is 65.6 Å². The van der Waals surface area contributed by atoms with E-state index < -0.39 is 0 Å². The summed E-state index contributed by atoms with van der Waals surface area (Å²) >= 11 is 6.36. The molecule has 0 unspecified atom stereocenters. The number of halogens is 1. The molecular weight excluding hydrogens is 424 g/mol. The zero-order chi connectivity index (χ0) is 22.6. The van der Waals surface area contributed by atoms with Gasteiger partial charge in [0.1, 0.15) is 0 Å². The second kappa shape index (κ2) is 8.14. The van der Waals surface area contributed by atoms with Crippen LogP contribution in [0.5, 0.6) is 0 Å². The first-order valence-electron chi connectivity index (χ1n) is 11.2. The van der Waals surface area contributed by atoms with Crippen LogP contribution in [0.4, 0.5) is 0 Å². The molecule has 0 spiro atoms. The van der Waals surface area contributed by atoms with Gasteiger partial charge in [-0.1, -0.05) is 29.8 Å². The van der Waals surface area contributed by atoms with E-state index in [4.69, 9.17) is 16.7 Å². The SMILES string of the molecule is Cc1nc2c3c(nn2c(C)c1Cl)CN(C(=O)c1ccccc1CN1CCN(C)C[C@H]1C)C3. The Kier molecular flexibility index (Phi) is 5.43. The summed E-state index contributed by atoms with van der Waals surface area (Å²) in [5.74, 6) is 0.0564. The number of hydrogen-bond acceptors (Lipinski definition) is 5. The lowest BCUT2D eigenvalue weighted by atomic mass is 10.0. The minimum atomic E-state index is 0.0564. The predicted octanol–water partition coefficient (Wildman–Crippen LogP) is 3.29. The molecule has 2 aromatic heterocycles. The predicted molar refractivity (Wildman–Crippen MR) is 125 cm³/mol. The van der Waals surface area contributed by atoms with Crippen LogP contribution in [0, 0.1) is 13.8 Å². The summed E-state index contributed by atoms with van der Waals surface area (Å²) in [5, 5.41) is 5.35. The van der Waals surface area contributed by atoms with Gasteiger partial charge in [-0.25, -0.2) is 9.50 Å². The summed E-state index contributed by atoms with van der Waals surface area (Å²) in [6.45, 7) is 11.0. The molecule has 32 heavy (non-hydrogen) atoms. The molecule has 1 aromatic carbocycles. The molecule has 1 fully saturated rings. The van der Waals surface area contributed by atoms with Crippen LogP contribution in [-0.4, -0.2) is 67.9 Å². The smallest absolute Gasteiger partial charge is 0.254 e. The molecule has 1 atom stereocenters. The average Bonchev–Trinajstić information content (AvgIpc) is 3.33. The molecular formula is C24H29ClN6O. The van der Waals surface area contributed by atoms with E-state index in [1.165, 1.54) is 0 Å². The molecule has 2 aliphatic heterocycles. The van der Waals surface area contributed by atoms with Gasteiger partial charge < -0.3 is 9.80 Å². The molecule has 1 amide bonds. The fourth-order valence-electron chi connectivity index (χ4n) is 4.93. The van der Waals surface area contributed by atoms with Crippen molar-refractivity contribution in [1.82, 2.24) is 29.3 Å². The fourth-order valence-corrected chi connectivity index (χ4v) is 5.05. The molecule has 0 N–H and O–H groups in total. The molecule has 4 heterocycles. The number of benzene rings is 1. The zero-order valence-electron chi connectivity index (χ0n) is 19.1. The lowest BCUT2D eigenvalue weighted by Crippen LogP contribution is -2.50. The second-order valence-electron chi connectivity index (χ2n) is 9.16. The van der Waals surface area contributed by atoms with Gasteiger partial charge in [0.25, 0.3) is 5.91 Å². The first kappa shape index (κ1) is 21.4. The third kappa shape index (κ3) is 3.58. The van der Waals surface area contributed by atoms with Crippen molar-refractivity contribution in [3.05, 3.63) is 63.1 Å². The molecule has 8 heteroatoms. The normalized spacial score (nSPS) is 19.7. The van der Waals surface area contributed by atoms with Gasteiger partial charge in [0, 0.05) is 43.3 Å². The van der Waals surface area contributed by atoms with E-state index >= 15 is 0 Å². The highest BCUT2D eigenvalue weighted by Gasteiger charge is 2.31. The second-order valence-corrected chi connectivity index (χ2v) is 9.54. The van der Waals surface area contributed by atoms with Gasteiger partial charge in [0.05, 0.1) is 35.2 Å².